The number of methoxy groups -OCH3 is 1. The molecule has 0 aromatic carbocycles. The van der Waals surface area contributed by atoms with Crippen LogP contribution in [0.4, 0.5) is 0 Å². The van der Waals surface area contributed by atoms with Crippen LogP contribution in [0.15, 0.2) is 12.2 Å². The molecule has 1 aliphatic carbocycles. The highest BCUT2D eigenvalue weighted by atomic mass is 16.8. The van der Waals surface area contributed by atoms with Crippen LogP contribution in [0, 0.1) is 0 Å². The van der Waals surface area contributed by atoms with E-state index in [1.54, 1.807) is 12.2 Å². The van der Waals surface area contributed by atoms with Gasteiger partial charge in [-0.3, -0.25) is 19.2 Å². The maximum Gasteiger partial charge on any atom is 0.309 e. The van der Waals surface area contributed by atoms with Crippen LogP contribution in [0.1, 0.15) is 65.7 Å². The fraction of sp³-hybridized carbons (Fsp3) is 0.760. The third-order valence-electron chi connectivity index (χ3n) is 6.47. The van der Waals surface area contributed by atoms with Gasteiger partial charge in [-0.15, -0.1) is 0 Å². The Bertz CT molecular complexity index is 832. The number of carbonyl (C=O) groups is 4. The van der Waals surface area contributed by atoms with Crippen LogP contribution in [-0.2, 0) is 52.3 Å². The normalized spacial score (nSPS) is 29.8. The molecule has 0 aromatic rings. The summed E-state index contributed by atoms with van der Waals surface area (Å²) in [6, 6.07) is 0. The second kappa shape index (κ2) is 12.6. The van der Waals surface area contributed by atoms with E-state index in [0.717, 1.165) is 19.3 Å². The third kappa shape index (κ3) is 7.27. The van der Waals surface area contributed by atoms with E-state index in [1.807, 2.05) is 0 Å². The van der Waals surface area contributed by atoms with E-state index >= 15 is 0 Å². The first-order valence-electron chi connectivity index (χ1n) is 12.3. The quantitative estimate of drug-likeness (QED) is 0.256. The van der Waals surface area contributed by atoms with Crippen LogP contribution in [0.2, 0.25) is 0 Å². The van der Waals surface area contributed by atoms with Gasteiger partial charge in [-0.1, -0.05) is 18.6 Å². The molecule has 11 nitrogen and oxygen atoms in total. The maximum absolute atomic E-state index is 12.0. The first-order valence-corrected chi connectivity index (χ1v) is 12.3. The van der Waals surface area contributed by atoms with Gasteiger partial charge in [-0.2, -0.15) is 0 Å². The molecule has 2 saturated heterocycles. The van der Waals surface area contributed by atoms with Gasteiger partial charge in [0.15, 0.2) is 18.0 Å². The van der Waals surface area contributed by atoms with Gasteiger partial charge in [0.2, 0.25) is 0 Å². The van der Waals surface area contributed by atoms with Crippen molar-refractivity contribution in [3.05, 3.63) is 12.2 Å². The molecule has 0 bridgehead atoms. The molecular formula is C25H36O11. The number of hydrogen-bond acceptors (Lipinski definition) is 11. The molecule has 3 fully saturated rings. The Kier molecular flexibility index (Phi) is 9.86. The Balaban J connectivity index is 1.91. The molecule has 6 atom stereocenters. The number of ether oxygens (including phenoxy) is 7. The molecular weight excluding hydrogens is 476 g/mol. The molecule has 3 rings (SSSR count). The van der Waals surface area contributed by atoms with E-state index in [2.05, 4.69) is 4.74 Å². The maximum atomic E-state index is 12.0. The number of hydrogen-bond donors (Lipinski definition) is 0. The van der Waals surface area contributed by atoms with E-state index in [0.29, 0.717) is 12.8 Å². The number of esters is 4. The van der Waals surface area contributed by atoms with Gasteiger partial charge < -0.3 is 33.2 Å². The lowest BCUT2D eigenvalue weighted by atomic mass is 9.90. The summed E-state index contributed by atoms with van der Waals surface area (Å²) >= 11 is 0. The lowest BCUT2D eigenvalue weighted by molar-refractivity contribution is -0.232. The molecule has 36 heavy (non-hydrogen) atoms. The molecule has 11 heteroatoms. The number of carbonyl (C=O) groups excluding carboxylic acids is 4. The fourth-order valence-corrected chi connectivity index (χ4v) is 4.99. The summed E-state index contributed by atoms with van der Waals surface area (Å²) in [5.74, 6) is -2.87. The predicted molar refractivity (Wildman–Crippen MR) is 122 cm³/mol. The summed E-state index contributed by atoms with van der Waals surface area (Å²) in [6.07, 6.45) is 3.19. The minimum atomic E-state index is -0.971. The van der Waals surface area contributed by atoms with Gasteiger partial charge in [-0.25, -0.2) is 0 Å². The summed E-state index contributed by atoms with van der Waals surface area (Å²) in [6.45, 7) is 3.58. The molecule has 2 aliphatic heterocycles. The standard InChI is InChI=1S/C25H36O11/c1-15(26)31-14-19(32-16(2)27)22-24-23(35-25(36-24)12-8-5-9-13-25)21(33-17(3)28)18(34-22)10-6-7-11-20(29)30-4/h6-7,18-19,21-24H,5,8-14H2,1-4H3/b7-6+/t18?,19-,21+,22+,23?,24-/m1/s1. The lowest BCUT2D eigenvalue weighted by Gasteiger charge is -2.43. The average molecular weight is 513 g/mol. The molecule has 0 amide bonds. The second-order valence-electron chi connectivity index (χ2n) is 9.29. The molecule has 2 heterocycles. The van der Waals surface area contributed by atoms with E-state index in [9.17, 15) is 19.2 Å². The molecule has 202 valence electrons. The molecule has 1 saturated carbocycles. The Hall–Kier alpha value is -2.50. The van der Waals surface area contributed by atoms with E-state index in [1.165, 1.54) is 27.9 Å². The number of fused-ring (bicyclic) bond motifs is 1. The first kappa shape index (κ1) is 28.1. The summed E-state index contributed by atoms with van der Waals surface area (Å²) in [5.41, 5.74) is 0. The minimum absolute atomic E-state index is 0.0716. The summed E-state index contributed by atoms with van der Waals surface area (Å²) in [4.78, 5) is 46.9. The first-order chi connectivity index (χ1) is 17.1. The van der Waals surface area contributed by atoms with Crippen molar-refractivity contribution in [2.24, 2.45) is 0 Å². The van der Waals surface area contributed by atoms with Crippen molar-refractivity contribution >= 4 is 23.9 Å². The topological polar surface area (TPSA) is 133 Å². The van der Waals surface area contributed by atoms with Crippen molar-refractivity contribution in [1.29, 1.82) is 0 Å². The van der Waals surface area contributed by atoms with Crippen molar-refractivity contribution in [3.63, 3.8) is 0 Å². The molecule has 0 radical (unpaired) electrons. The predicted octanol–water partition coefficient (Wildman–Crippen LogP) is 2.13. The van der Waals surface area contributed by atoms with Crippen molar-refractivity contribution in [1.82, 2.24) is 0 Å². The van der Waals surface area contributed by atoms with Crippen LogP contribution in [0.5, 0.6) is 0 Å². The summed E-state index contributed by atoms with van der Waals surface area (Å²) < 4.78 is 40.3. The molecule has 3 aliphatic rings. The van der Waals surface area contributed by atoms with E-state index in [-0.39, 0.29) is 19.4 Å². The molecule has 1 spiro atoms. The summed E-state index contributed by atoms with van der Waals surface area (Å²) in [7, 11) is 1.30. The van der Waals surface area contributed by atoms with Crippen molar-refractivity contribution in [2.45, 2.75) is 108 Å². The van der Waals surface area contributed by atoms with Crippen molar-refractivity contribution in [2.75, 3.05) is 13.7 Å². The zero-order chi connectivity index (χ0) is 26.3. The lowest BCUT2D eigenvalue weighted by Crippen LogP contribution is -2.61. The Labute approximate surface area is 210 Å². The Morgan fingerprint density at radius 3 is 2.25 bits per heavy atom. The van der Waals surface area contributed by atoms with Gasteiger partial charge >= 0.3 is 23.9 Å². The smallest absolute Gasteiger partial charge is 0.309 e. The van der Waals surface area contributed by atoms with E-state index in [4.69, 9.17) is 28.4 Å². The van der Waals surface area contributed by atoms with Gasteiger partial charge in [0.1, 0.15) is 31.0 Å². The Morgan fingerprint density at radius 1 is 0.944 bits per heavy atom. The van der Waals surface area contributed by atoms with E-state index < -0.39 is 66.3 Å². The van der Waals surface area contributed by atoms with Crippen LogP contribution >= 0.6 is 0 Å². The zero-order valence-electron chi connectivity index (χ0n) is 21.3. The van der Waals surface area contributed by atoms with Crippen molar-refractivity contribution < 1.29 is 52.3 Å². The molecule has 2 unspecified atom stereocenters. The third-order valence-corrected chi connectivity index (χ3v) is 6.47. The van der Waals surface area contributed by atoms with Gasteiger partial charge in [0.25, 0.3) is 0 Å². The highest BCUT2D eigenvalue weighted by molar-refractivity contribution is 5.70. The zero-order valence-corrected chi connectivity index (χ0v) is 21.3. The van der Waals surface area contributed by atoms with Crippen LogP contribution in [0.25, 0.3) is 0 Å². The fourth-order valence-electron chi connectivity index (χ4n) is 4.99. The summed E-state index contributed by atoms with van der Waals surface area (Å²) in [5, 5.41) is 0. The van der Waals surface area contributed by atoms with Crippen LogP contribution < -0.4 is 0 Å². The molecule has 0 N–H and O–H groups in total. The van der Waals surface area contributed by atoms with Gasteiger partial charge in [0.05, 0.1) is 13.5 Å². The van der Waals surface area contributed by atoms with Gasteiger partial charge in [-0.05, 0) is 19.3 Å². The van der Waals surface area contributed by atoms with Crippen molar-refractivity contribution in [3.8, 4) is 0 Å². The Morgan fingerprint density at radius 2 is 1.64 bits per heavy atom. The minimum Gasteiger partial charge on any atom is -0.469 e. The molecule has 0 aromatic heterocycles. The van der Waals surface area contributed by atoms with Crippen LogP contribution in [0.3, 0.4) is 0 Å². The average Bonchev–Trinajstić information content (AvgIpc) is 3.18. The monoisotopic (exact) mass is 512 g/mol. The number of rotatable bonds is 9. The second-order valence-corrected chi connectivity index (χ2v) is 9.29. The SMILES string of the molecule is COC(=O)C/C=C/CC1O[C@@H]([C@@H](COC(C)=O)OC(C)=O)[C@H]2OC3(CCCCC3)OC2[C@H]1OC(C)=O. The largest absolute Gasteiger partial charge is 0.469 e. The van der Waals surface area contributed by atoms with Crippen LogP contribution in [-0.4, -0.2) is 80.0 Å². The highest BCUT2D eigenvalue weighted by Crippen LogP contribution is 2.46. The van der Waals surface area contributed by atoms with Gasteiger partial charge in [0, 0.05) is 33.6 Å². The highest BCUT2D eigenvalue weighted by Gasteiger charge is 2.60.